The number of nitrogens with zero attached hydrogens (tertiary/aromatic N) is 1. The number of phenols is 1. The summed E-state index contributed by atoms with van der Waals surface area (Å²) < 4.78 is 4.91. The number of methoxy groups -OCH3 is 1. The lowest BCUT2D eigenvalue weighted by Crippen LogP contribution is -1.85. The summed E-state index contributed by atoms with van der Waals surface area (Å²) in [5.74, 6) is 5.70. The van der Waals surface area contributed by atoms with Crippen molar-refractivity contribution in [3.05, 3.63) is 23.8 Å². The molecule has 3 heteroatoms. The molecule has 0 atom stereocenters. The summed E-state index contributed by atoms with van der Waals surface area (Å²) in [5, 5.41) is 17.9. The molecule has 0 heterocycles. The first-order valence-corrected chi connectivity index (χ1v) is 4.01. The van der Waals surface area contributed by atoms with Crippen LogP contribution in [0.3, 0.4) is 0 Å². The quantitative estimate of drug-likeness (QED) is 0.680. The van der Waals surface area contributed by atoms with Crippen LogP contribution in [0, 0.1) is 23.2 Å². The minimum atomic E-state index is 0.0143. The zero-order chi connectivity index (χ0) is 10.4. The zero-order valence-corrected chi connectivity index (χ0v) is 7.74. The number of ether oxygens (including phenoxy) is 1. The van der Waals surface area contributed by atoms with Crippen molar-refractivity contribution in [2.45, 2.75) is 6.42 Å². The molecule has 0 amide bonds. The average Bonchev–Trinajstić information content (AvgIpc) is 2.21. The molecule has 0 aliphatic carbocycles. The lowest BCUT2D eigenvalue weighted by Gasteiger charge is -2.03. The fraction of sp³-hybridized carbons (Fsp3) is 0.182. The van der Waals surface area contributed by atoms with Crippen LogP contribution in [0.25, 0.3) is 0 Å². The van der Waals surface area contributed by atoms with Gasteiger partial charge >= 0.3 is 0 Å². The Bertz CT molecular complexity index is 421. The first-order chi connectivity index (χ1) is 6.79. The number of para-hydroxylation sites is 1. The topological polar surface area (TPSA) is 53.2 Å². The van der Waals surface area contributed by atoms with Crippen LogP contribution in [0.5, 0.6) is 11.5 Å². The molecule has 1 aromatic carbocycles. The van der Waals surface area contributed by atoms with Gasteiger partial charge in [0.2, 0.25) is 0 Å². The smallest absolute Gasteiger partial charge is 0.173 e. The molecule has 0 fully saturated rings. The predicted octanol–water partition coefficient (Wildman–Crippen LogP) is 1.67. The number of hydrogen-bond acceptors (Lipinski definition) is 3. The van der Waals surface area contributed by atoms with Gasteiger partial charge in [-0.05, 0) is 12.1 Å². The molecule has 0 aromatic heterocycles. The summed E-state index contributed by atoms with van der Waals surface area (Å²) in [6.45, 7) is 0. The van der Waals surface area contributed by atoms with Gasteiger partial charge in [0.05, 0.1) is 25.2 Å². The minimum Gasteiger partial charge on any atom is -0.503 e. The second-order valence-corrected chi connectivity index (χ2v) is 2.49. The van der Waals surface area contributed by atoms with Gasteiger partial charge < -0.3 is 9.84 Å². The van der Waals surface area contributed by atoms with Gasteiger partial charge in [-0.2, -0.15) is 5.26 Å². The number of benzene rings is 1. The van der Waals surface area contributed by atoms with Gasteiger partial charge in [0.15, 0.2) is 11.5 Å². The third-order valence-corrected chi connectivity index (χ3v) is 1.61. The second-order valence-electron chi connectivity index (χ2n) is 2.49. The van der Waals surface area contributed by atoms with E-state index in [4.69, 9.17) is 10.00 Å². The average molecular weight is 187 g/mol. The monoisotopic (exact) mass is 187 g/mol. The van der Waals surface area contributed by atoms with E-state index in [-0.39, 0.29) is 12.2 Å². The fourth-order valence-electron chi connectivity index (χ4n) is 0.967. The summed E-state index contributed by atoms with van der Waals surface area (Å²) in [6.07, 6.45) is 0.149. The van der Waals surface area contributed by atoms with Crippen LogP contribution in [0.1, 0.15) is 12.0 Å². The van der Waals surface area contributed by atoms with Crippen molar-refractivity contribution < 1.29 is 9.84 Å². The number of aromatic hydroxyl groups is 1. The van der Waals surface area contributed by atoms with E-state index in [1.165, 1.54) is 7.11 Å². The molecule has 0 spiro atoms. The number of rotatable bonds is 1. The summed E-state index contributed by atoms with van der Waals surface area (Å²) in [6, 6.07) is 6.94. The van der Waals surface area contributed by atoms with Crippen LogP contribution in [0.15, 0.2) is 18.2 Å². The zero-order valence-electron chi connectivity index (χ0n) is 7.74. The van der Waals surface area contributed by atoms with Crippen LogP contribution in [-0.4, -0.2) is 12.2 Å². The molecule has 0 saturated carbocycles. The van der Waals surface area contributed by atoms with Crippen molar-refractivity contribution in [1.29, 1.82) is 5.26 Å². The van der Waals surface area contributed by atoms with Crippen LogP contribution < -0.4 is 4.74 Å². The van der Waals surface area contributed by atoms with Gasteiger partial charge in [0.25, 0.3) is 0 Å². The van der Waals surface area contributed by atoms with Crippen molar-refractivity contribution >= 4 is 0 Å². The Morgan fingerprint density at radius 3 is 2.93 bits per heavy atom. The summed E-state index contributed by atoms with van der Waals surface area (Å²) in [4.78, 5) is 0. The highest BCUT2D eigenvalue weighted by Gasteiger charge is 2.03. The van der Waals surface area contributed by atoms with Crippen molar-refractivity contribution in [2.24, 2.45) is 0 Å². The third kappa shape index (κ3) is 2.18. The molecule has 14 heavy (non-hydrogen) atoms. The first kappa shape index (κ1) is 9.95. The lowest BCUT2D eigenvalue weighted by molar-refractivity contribution is 0.373. The van der Waals surface area contributed by atoms with Crippen molar-refractivity contribution in [3.63, 3.8) is 0 Å². The highest BCUT2D eigenvalue weighted by atomic mass is 16.5. The maximum atomic E-state index is 9.58. The Hall–Kier alpha value is -2.13. The number of nitriles is 1. The van der Waals surface area contributed by atoms with Crippen molar-refractivity contribution in [2.75, 3.05) is 7.11 Å². The van der Waals surface area contributed by atoms with Gasteiger partial charge in [-0.3, -0.25) is 0 Å². The summed E-state index contributed by atoms with van der Waals surface area (Å²) in [5.41, 5.74) is 0.472. The SMILES string of the molecule is COc1cccc(C#CCC#N)c1O. The van der Waals surface area contributed by atoms with E-state index in [0.717, 1.165) is 0 Å². The molecule has 0 bridgehead atoms. The van der Waals surface area contributed by atoms with Gasteiger partial charge in [-0.1, -0.05) is 17.9 Å². The van der Waals surface area contributed by atoms with E-state index in [2.05, 4.69) is 11.8 Å². The molecule has 0 saturated heterocycles. The Balaban J connectivity index is 3.01. The molecule has 0 aliphatic heterocycles. The molecule has 0 radical (unpaired) electrons. The van der Waals surface area contributed by atoms with Crippen LogP contribution in [-0.2, 0) is 0 Å². The van der Waals surface area contributed by atoms with E-state index in [0.29, 0.717) is 11.3 Å². The molecule has 1 aromatic rings. The molecular formula is C11H9NO2. The molecule has 0 unspecified atom stereocenters. The van der Waals surface area contributed by atoms with Crippen LogP contribution >= 0.6 is 0 Å². The van der Waals surface area contributed by atoms with Gasteiger partial charge in [0, 0.05) is 0 Å². The molecule has 1 rings (SSSR count). The van der Waals surface area contributed by atoms with Gasteiger partial charge in [-0.15, -0.1) is 0 Å². The Labute approximate surface area is 82.6 Å². The third-order valence-electron chi connectivity index (χ3n) is 1.61. The lowest BCUT2D eigenvalue weighted by atomic mass is 10.2. The molecule has 70 valence electrons. The molecular weight excluding hydrogens is 178 g/mol. The minimum absolute atomic E-state index is 0.0143. The van der Waals surface area contributed by atoms with Crippen LogP contribution in [0.2, 0.25) is 0 Å². The maximum absolute atomic E-state index is 9.58. The van der Waals surface area contributed by atoms with Crippen molar-refractivity contribution in [3.8, 4) is 29.4 Å². The number of hydrogen-bond donors (Lipinski definition) is 1. The van der Waals surface area contributed by atoms with E-state index in [9.17, 15) is 5.11 Å². The largest absolute Gasteiger partial charge is 0.503 e. The van der Waals surface area contributed by atoms with Gasteiger partial charge in [-0.25, -0.2) is 0 Å². The molecule has 1 N–H and O–H groups in total. The maximum Gasteiger partial charge on any atom is 0.173 e. The van der Waals surface area contributed by atoms with E-state index < -0.39 is 0 Å². The second kappa shape index (κ2) is 4.79. The van der Waals surface area contributed by atoms with E-state index in [1.54, 1.807) is 18.2 Å². The summed E-state index contributed by atoms with van der Waals surface area (Å²) in [7, 11) is 1.47. The normalized spacial score (nSPS) is 8.29. The number of phenolic OH excluding ortho intramolecular Hbond substituents is 1. The predicted molar refractivity (Wildman–Crippen MR) is 51.8 cm³/mol. The highest BCUT2D eigenvalue weighted by Crippen LogP contribution is 2.28. The highest BCUT2D eigenvalue weighted by molar-refractivity contribution is 5.53. The van der Waals surface area contributed by atoms with Gasteiger partial charge in [0.1, 0.15) is 0 Å². The van der Waals surface area contributed by atoms with E-state index >= 15 is 0 Å². The summed E-state index contributed by atoms with van der Waals surface area (Å²) >= 11 is 0. The Kier molecular flexibility index (Phi) is 3.41. The molecule has 3 nitrogen and oxygen atoms in total. The molecule has 0 aliphatic rings. The van der Waals surface area contributed by atoms with Crippen LogP contribution in [0.4, 0.5) is 0 Å². The Morgan fingerprint density at radius 2 is 2.29 bits per heavy atom. The van der Waals surface area contributed by atoms with E-state index in [1.807, 2.05) is 6.07 Å². The fourth-order valence-corrected chi connectivity index (χ4v) is 0.967. The standard InChI is InChI=1S/C11H9NO2/c1-14-10-7-4-6-9(11(10)13)5-2-3-8-12/h4,6-7,13H,3H2,1H3. The van der Waals surface area contributed by atoms with Crippen molar-refractivity contribution in [1.82, 2.24) is 0 Å². The first-order valence-electron chi connectivity index (χ1n) is 4.01. The Morgan fingerprint density at radius 1 is 1.50 bits per heavy atom.